The molecular weight excluding hydrogens is 289 g/mol. The van der Waals surface area contributed by atoms with Gasteiger partial charge in [-0.2, -0.15) is 0 Å². The van der Waals surface area contributed by atoms with Gasteiger partial charge < -0.3 is 9.73 Å². The molecule has 0 aliphatic carbocycles. The van der Waals surface area contributed by atoms with Crippen LogP contribution in [0.5, 0.6) is 0 Å². The van der Waals surface area contributed by atoms with Gasteiger partial charge in [0.05, 0.1) is 5.69 Å². The second-order valence-corrected chi connectivity index (χ2v) is 4.42. The van der Waals surface area contributed by atoms with E-state index in [0.29, 0.717) is 28.9 Å². The number of imide groups is 1. The summed E-state index contributed by atoms with van der Waals surface area (Å²) in [5.41, 5.74) is 1.80. The van der Waals surface area contributed by atoms with Crippen LogP contribution in [0.25, 0.3) is 11.1 Å². The number of anilines is 2. The number of rotatable bonds is 3. The zero-order valence-corrected chi connectivity index (χ0v) is 11.2. The second-order valence-electron chi connectivity index (χ2n) is 4.42. The van der Waals surface area contributed by atoms with Crippen LogP contribution in [0.15, 0.2) is 53.3 Å². The molecule has 0 unspecified atom stereocenters. The Labute approximate surface area is 124 Å². The van der Waals surface area contributed by atoms with E-state index in [1.54, 1.807) is 18.2 Å². The van der Waals surface area contributed by atoms with Crippen molar-refractivity contribution < 1.29 is 18.4 Å². The monoisotopic (exact) mass is 299 g/mol. The molecule has 3 rings (SSSR count). The Morgan fingerprint density at radius 3 is 2.73 bits per heavy atom. The molecule has 110 valence electrons. The molecule has 7 heteroatoms. The van der Waals surface area contributed by atoms with Crippen LogP contribution in [0.1, 0.15) is 0 Å². The van der Waals surface area contributed by atoms with E-state index in [2.05, 4.69) is 10.3 Å². The minimum absolute atomic E-state index is 0.344. The Bertz CT molecular complexity index is 829. The van der Waals surface area contributed by atoms with Gasteiger partial charge in [0.15, 0.2) is 12.0 Å². The topological polar surface area (TPSA) is 75.4 Å². The van der Waals surface area contributed by atoms with Crippen LogP contribution in [0, 0.1) is 5.82 Å². The zero-order chi connectivity index (χ0) is 15.5. The van der Waals surface area contributed by atoms with E-state index in [1.807, 2.05) is 0 Å². The largest absolute Gasteiger partial charge is 0.443 e. The second kappa shape index (κ2) is 5.65. The van der Waals surface area contributed by atoms with Crippen molar-refractivity contribution >= 4 is 34.9 Å². The first-order valence-corrected chi connectivity index (χ1v) is 6.32. The number of hydrogen-bond donors (Lipinski definition) is 1. The van der Waals surface area contributed by atoms with Gasteiger partial charge in [-0.15, -0.1) is 0 Å². The number of fused-ring (bicyclic) bond motifs is 1. The standard InChI is InChI=1S/C15H10FN3O3/c16-10-1-3-11(4-2-10)18-15(21)19(9-20)12-5-6-14-13(7-12)17-8-22-14/h1-9H,(H,18,21). The van der Waals surface area contributed by atoms with Crippen LogP contribution in [-0.2, 0) is 4.79 Å². The summed E-state index contributed by atoms with van der Waals surface area (Å²) in [5.74, 6) is -0.415. The van der Waals surface area contributed by atoms with Crippen molar-refractivity contribution in [1.82, 2.24) is 4.98 Å². The van der Waals surface area contributed by atoms with E-state index in [9.17, 15) is 14.0 Å². The maximum atomic E-state index is 12.8. The van der Waals surface area contributed by atoms with Crippen molar-refractivity contribution in [3.63, 3.8) is 0 Å². The summed E-state index contributed by atoms with van der Waals surface area (Å²) in [7, 11) is 0. The lowest BCUT2D eigenvalue weighted by Gasteiger charge is -2.16. The minimum atomic E-state index is -0.663. The predicted molar refractivity (Wildman–Crippen MR) is 78.0 cm³/mol. The number of oxazole rings is 1. The third-order valence-electron chi connectivity index (χ3n) is 3.01. The lowest BCUT2D eigenvalue weighted by atomic mass is 10.2. The molecule has 3 amide bonds. The summed E-state index contributed by atoms with van der Waals surface area (Å²) >= 11 is 0. The van der Waals surface area contributed by atoms with Crippen LogP contribution < -0.4 is 10.2 Å². The number of amides is 3. The average Bonchev–Trinajstić information content (AvgIpc) is 2.98. The molecule has 2 aromatic carbocycles. The molecule has 1 heterocycles. The highest BCUT2D eigenvalue weighted by Crippen LogP contribution is 2.21. The van der Waals surface area contributed by atoms with Crippen LogP contribution >= 0.6 is 0 Å². The molecule has 0 aliphatic rings. The Hall–Kier alpha value is -3.22. The van der Waals surface area contributed by atoms with E-state index in [-0.39, 0.29) is 0 Å². The molecule has 1 N–H and O–H groups in total. The summed E-state index contributed by atoms with van der Waals surface area (Å²) in [6, 6.07) is 9.28. The Morgan fingerprint density at radius 1 is 1.23 bits per heavy atom. The van der Waals surface area contributed by atoms with Gasteiger partial charge in [-0.1, -0.05) is 0 Å². The number of halogens is 1. The first kappa shape index (κ1) is 13.7. The van der Waals surface area contributed by atoms with Crippen LogP contribution in [0.4, 0.5) is 20.6 Å². The first-order chi connectivity index (χ1) is 10.7. The molecule has 3 aromatic rings. The van der Waals surface area contributed by atoms with E-state index >= 15 is 0 Å². The van der Waals surface area contributed by atoms with Gasteiger partial charge in [-0.25, -0.2) is 19.1 Å². The zero-order valence-electron chi connectivity index (χ0n) is 11.2. The Morgan fingerprint density at radius 2 is 2.00 bits per heavy atom. The van der Waals surface area contributed by atoms with Gasteiger partial charge in [-0.05, 0) is 42.5 Å². The van der Waals surface area contributed by atoms with E-state index < -0.39 is 11.8 Å². The van der Waals surface area contributed by atoms with Gasteiger partial charge >= 0.3 is 6.03 Å². The molecule has 0 saturated heterocycles. The highest BCUT2D eigenvalue weighted by molar-refractivity contribution is 6.12. The van der Waals surface area contributed by atoms with Crippen molar-refractivity contribution in [2.75, 3.05) is 10.2 Å². The maximum Gasteiger partial charge on any atom is 0.332 e. The van der Waals surface area contributed by atoms with Crippen molar-refractivity contribution in [3.05, 3.63) is 54.7 Å². The number of carbonyl (C=O) groups excluding carboxylic acids is 2. The van der Waals surface area contributed by atoms with Gasteiger partial charge in [0, 0.05) is 5.69 Å². The predicted octanol–water partition coefficient (Wildman–Crippen LogP) is 3.16. The maximum absolute atomic E-state index is 12.8. The van der Waals surface area contributed by atoms with Crippen LogP contribution in [0.3, 0.4) is 0 Å². The molecule has 0 saturated carbocycles. The quantitative estimate of drug-likeness (QED) is 0.754. The fraction of sp³-hybridized carbons (Fsp3) is 0. The molecule has 0 bridgehead atoms. The molecular formula is C15H10FN3O3. The first-order valence-electron chi connectivity index (χ1n) is 6.32. The highest BCUT2D eigenvalue weighted by Gasteiger charge is 2.16. The van der Waals surface area contributed by atoms with Crippen molar-refractivity contribution in [2.45, 2.75) is 0 Å². The van der Waals surface area contributed by atoms with Crippen molar-refractivity contribution in [1.29, 1.82) is 0 Å². The third-order valence-corrected chi connectivity index (χ3v) is 3.01. The molecule has 0 spiro atoms. The molecule has 0 radical (unpaired) electrons. The van der Waals surface area contributed by atoms with E-state index in [1.165, 1.54) is 30.7 Å². The fourth-order valence-corrected chi connectivity index (χ4v) is 1.94. The van der Waals surface area contributed by atoms with Gasteiger partial charge in [0.2, 0.25) is 6.41 Å². The lowest BCUT2D eigenvalue weighted by Crippen LogP contribution is -2.33. The lowest BCUT2D eigenvalue weighted by molar-refractivity contribution is -0.106. The number of hydrogen-bond acceptors (Lipinski definition) is 4. The van der Waals surface area contributed by atoms with Crippen LogP contribution in [0.2, 0.25) is 0 Å². The average molecular weight is 299 g/mol. The van der Waals surface area contributed by atoms with Gasteiger partial charge in [0.25, 0.3) is 0 Å². The smallest absolute Gasteiger partial charge is 0.332 e. The summed E-state index contributed by atoms with van der Waals surface area (Å²) in [6.45, 7) is 0. The highest BCUT2D eigenvalue weighted by atomic mass is 19.1. The Kier molecular flexibility index (Phi) is 3.53. The SMILES string of the molecule is O=CN(C(=O)Nc1ccc(F)cc1)c1ccc2ocnc2c1. The van der Waals surface area contributed by atoms with E-state index in [4.69, 9.17) is 4.42 Å². The third kappa shape index (κ3) is 2.64. The summed E-state index contributed by atoms with van der Waals surface area (Å²) in [5, 5.41) is 2.51. The van der Waals surface area contributed by atoms with Gasteiger partial charge in [0.1, 0.15) is 11.3 Å². The number of urea groups is 1. The number of nitrogens with zero attached hydrogens (tertiary/aromatic N) is 2. The number of benzene rings is 2. The van der Waals surface area contributed by atoms with Crippen molar-refractivity contribution in [3.8, 4) is 0 Å². The number of nitrogens with one attached hydrogen (secondary N) is 1. The molecule has 0 atom stereocenters. The number of carbonyl (C=O) groups is 2. The minimum Gasteiger partial charge on any atom is -0.443 e. The normalized spacial score (nSPS) is 10.4. The molecule has 1 aromatic heterocycles. The molecule has 22 heavy (non-hydrogen) atoms. The summed E-state index contributed by atoms with van der Waals surface area (Å²) in [4.78, 5) is 28.2. The molecule has 0 fully saturated rings. The fourth-order valence-electron chi connectivity index (χ4n) is 1.94. The molecule has 6 nitrogen and oxygen atoms in total. The van der Waals surface area contributed by atoms with E-state index in [0.717, 1.165) is 4.90 Å². The van der Waals surface area contributed by atoms with Crippen LogP contribution in [-0.4, -0.2) is 17.4 Å². The Balaban J connectivity index is 1.84. The summed E-state index contributed by atoms with van der Waals surface area (Å²) < 4.78 is 17.9. The van der Waals surface area contributed by atoms with Crippen molar-refractivity contribution in [2.24, 2.45) is 0 Å². The summed E-state index contributed by atoms with van der Waals surface area (Å²) in [6.07, 6.45) is 1.67. The van der Waals surface area contributed by atoms with Gasteiger partial charge in [-0.3, -0.25) is 4.79 Å². The number of aromatic nitrogens is 1. The molecule has 0 aliphatic heterocycles.